The van der Waals surface area contributed by atoms with Crippen LogP contribution < -0.4 is 14.8 Å². The third kappa shape index (κ3) is 8.58. The number of amides is 1. The highest BCUT2D eigenvalue weighted by Crippen LogP contribution is 2.38. The number of benzene rings is 3. The molecule has 0 radical (unpaired) electrons. The van der Waals surface area contributed by atoms with E-state index in [2.05, 4.69) is 26.1 Å². The predicted octanol–water partition coefficient (Wildman–Crippen LogP) is 8.18. The lowest BCUT2D eigenvalue weighted by Gasteiger charge is -2.20. The topological polar surface area (TPSA) is 73.9 Å². The van der Waals surface area contributed by atoms with Crippen molar-refractivity contribution in [2.24, 2.45) is 0 Å². The Balaban J connectivity index is 1.91. The molecule has 1 amide bonds. The first-order chi connectivity index (χ1) is 18.0. The number of nitrogens with one attached hydrogen (secondary N) is 1. The second kappa shape index (κ2) is 13.3. The number of methoxy groups -OCH3 is 1. The third-order valence-corrected chi connectivity index (χ3v) is 7.13. The standard InChI is InChI=1S/C29H31Cl2NO5S/c1-6-36-27(33)14-18-7-11-25(35-5)26(13-18)37-24-12-9-21(15-19(24)17-38-29(2,3)4)32-28(34)22-10-8-20(30)16-23(22)31/h7-13,15-16H,6,14,17H2,1-5H3,(H,32,34). The molecule has 0 bridgehead atoms. The van der Waals surface area contributed by atoms with Crippen LogP contribution in [0, 0.1) is 0 Å². The molecule has 3 aromatic rings. The van der Waals surface area contributed by atoms with Crippen LogP contribution in [-0.4, -0.2) is 30.3 Å². The van der Waals surface area contributed by atoms with E-state index in [9.17, 15) is 9.59 Å². The van der Waals surface area contributed by atoms with Crippen LogP contribution >= 0.6 is 35.0 Å². The maximum absolute atomic E-state index is 12.9. The van der Waals surface area contributed by atoms with Crippen LogP contribution in [0.3, 0.4) is 0 Å². The average Bonchev–Trinajstić information content (AvgIpc) is 2.83. The Labute approximate surface area is 238 Å². The van der Waals surface area contributed by atoms with Gasteiger partial charge in [-0.3, -0.25) is 9.59 Å². The van der Waals surface area contributed by atoms with Crippen LogP contribution in [0.25, 0.3) is 0 Å². The zero-order valence-corrected chi connectivity index (χ0v) is 24.4. The highest BCUT2D eigenvalue weighted by Gasteiger charge is 2.18. The van der Waals surface area contributed by atoms with E-state index in [0.717, 1.165) is 11.1 Å². The summed E-state index contributed by atoms with van der Waals surface area (Å²) in [5.74, 6) is 1.59. The van der Waals surface area contributed by atoms with Gasteiger partial charge in [-0.25, -0.2) is 0 Å². The predicted molar refractivity (Wildman–Crippen MR) is 155 cm³/mol. The van der Waals surface area contributed by atoms with Crippen molar-refractivity contribution in [3.63, 3.8) is 0 Å². The normalized spacial score (nSPS) is 11.1. The van der Waals surface area contributed by atoms with Gasteiger partial charge in [0.05, 0.1) is 30.7 Å². The number of anilines is 1. The first-order valence-electron chi connectivity index (χ1n) is 12.0. The molecular formula is C29H31Cl2NO5S. The van der Waals surface area contributed by atoms with Gasteiger partial charge in [0.15, 0.2) is 11.5 Å². The van der Waals surface area contributed by atoms with Gasteiger partial charge >= 0.3 is 5.97 Å². The highest BCUT2D eigenvalue weighted by molar-refractivity contribution is 7.99. The van der Waals surface area contributed by atoms with Crippen LogP contribution in [-0.2, 0) is 21.7 Å². The van der Waals surface area contributed by atoms with Gasteiger partial charge in [-0.15, -0.1) is 0 Å². The molecular weight excluding hydrogens is 545 g/mol. The first kappa shape index (κ1) is 29.7. The van der Waals surface area contributed by atoms with Crippen molar-refractivity contribution in [1.82, 2.24) is 0 Å². The minimum absolute atomic E-state index is 0.00456. The minimum atomic E-state index is -0.344. The molecule has 0 unspecified atom stereocenters. The van der Waals surface area contributed by atoms with Gasteiger partial charge in [0.2, 0.25) is 0 Å². The Morgan fingerprint density at radius 2 is 1.68 bits per heavy atom. The van der Waals surface area contributed by atoms with E-state index in [-0.39, 0.29) is 28.1 Å². The van der Waals surface area contributed by atoms with Crippen molar-refractivity contribution < 1.29 is 23.8 Å². The molecule has 6 nitrogen and oxygen atoms in total. The molecule has 9 heteroatoms. The lowest BCUT2D eigenvalue weighted by Crippen LogP contribution is -2.13. The Morgan fingerprint density at radius 3 is 2.34 bits per heavy atom. The second-order valence-electron chi connectivity index (χ2n) is 9.37. The van der Waals surface area contributed by atoms with Gasteiger partial charge in [0.1, 0.15) is 5.75 Å². The quantitative estimate of drug-likeness (QED) is 0.246. The van der Waals surface area contributed by atoms with Crippen molar-refractivity contribution in [3.8, 4) is 17.2 Å². The summed E-state index contributed by atoms with van der Waals surface area (Å²) in [6.45, 7) is 8.49. The lowest BCUT2D eigenvalue weighted by atomic mass is 10.1. The van der Waals surface area contributed by atoms with Crippen LogP contribution in [0.2, 0.25) is 10.0 Å². The number of carbonyl (C=O) groups excluding carboxylic acids is 2. The Hall–Kier alpha value is -2.87. The fourth-order valence-corrected chi connectivity index (χ4v) is 4.75. The molecule has 0 atom stereocenters. The molecule has 0 aliphatic rings. The summed E-state index contributed by atoms with van der Waals surface area (Å²) in [7, 11) is 1.56. The molecule has 3 aromatic carbocycles. The Morgan fingerprint density at radius 1 is 0.947 bits per heavy atom. The summed E-state index contributed by atoms with van der Waals surface area (Å²) < 4.78 is 16.9. The zero-order valence-electron chi connectivity index (χ0n) is 22.0. The molecule has 1 N–H and O–H groups in total. The maximum Gasteiger partial charge on any atom is 0.310 e. The summed E-state index contributed by atoms with van der Waals surface area (Å²) in [6.07, 6.45) is 0.124. The lowest BCUT2D eigenvalue weighted by molar-refractivity contribution is -0.142. The van der Waals surface area contributed by atoms with Gasteiger partial charge < -0.3 is 19.5 Å². The van der Waals surface area contributed by atoms with E-state index in [1.807, 2.05) is 6.07 Å². The summed E-state index contributed by atoms with van der Waals surface area (Å²) in [5, 5.41) is 3.63. The molecule has 3 rings (SSSR count). The molecule has 0 spiro atoms. The van der Waals surface area contributed by atoms with Gasteiger partial charge in [0, 0.05) is 26.8 Å². The van der Waals surface area contributed by atoms with Crippen molar-refractivity contribution in [2.45, 2.75) is 44.6 Å². The van der Waals surface area contributed by atoms with Crippen LogP contribution in [0.1, 0.15) is 49.2 Å². The number of hydrogen-bond donors (Lipinski definition) is 1. The van der Waals surface area contributed by atoms with Gasteiger partial charge in [-0.1, -0.05) is 50.0 Å². The van der Waals surface area contributed by atoms with Gasteiger partial charge in [-0.05, 0) is 61.0 Å². The molecule has 0 saturated carbocycles. The first-order valence-corrected chi connectivity index (χ1v) is 13.8. The van der Waals surface area contributed by atoms with Crippen molar-refractivity contribution in [2.75, 3.05) is 19.0 Å². The fourth-order valence-electron chi connectivity index (χ4n) is 3.44. The number of esters is 1. The Kier molecular flexibility index (Phi) is 10.4. The van der Waals surface area contributed by atoms with E-state index >= 15 is 0 Å². The zero-order chi connectivity index (χ0) is 27.9. The number of halogens is 2. The second-order valence-corrected chi connectivity index (χ2v) is 12.0. The van der Waals surface area contributed by atoms with Gasteiger partial charge in [-0.2, -0.15) is 11.8 Å². The number of rotatable bonds is 10. The van der Waals surface area contributed by atoms with Gasteiger partial charge in [0.25, 0.3) is 5.91 Å². The largest absolute Gasteiger partial charge is 0.493 e. The summed E-state index contributed by atoms with van der Waals surface area (Å²) in [4.78, 5) is 24.9. The number of hydrogen-bond acceptors (Lipinski definition) is 6. The Bertz CT molecular complexity index is 1310. The van der Waals surface area contributed by atoms with Crippen molar-refractivity contribution >= 4 is 52.5 Å². The average molecular weight is 577 g/mol. The number of thioether (sulfide) groups is 1. The van der Waals surface area contributed by atoms with Crippen LogP contribution in [0.4, 0.5) is 5.69 Å². The smallest absolute Gasteiger partial charge is 0.310 e. The summed E-state index contributed by atoms with van der Waals surface area (Å²) in [6, 6.07) is 15.5. The molecule has 0 aromatic heterocycles. The van der Waals surface area contributed by atoms with E-state index in [4.69, 9.17) is 37.4 Å². The van der Waals surface area contributed by atoms with E-state index in [1.165, 1.54) is 6.07 Å². The van der Waals surface area contributed by atoms with E-state index < -0.39 is 0 Å². The maximum atomic E-state index is 12.9. The van der Waals surface area contributed by atoms with Crippen molar-refractivity contribution in [3.05, 3.63) is 81.3 Å². The molecule has 0 aliphatic carbocycles. The monoisotopic (exact) mass is 575 g/mol. The number of carbonyl (C=O) groups is 2. The SMILES string of the molecule is CCOC(=O)Cc1ccc(OC)c(Oc2ccc(NC(=O)c3ccc(Cl)cc3Cl)cc2CSC(C)(C)C)c1. The molecule has 0 saturated heterocycles. The summed E-state index contributed by atoms with van der Waals surface area (Å²) >= 11 is 13.9. The summed E-state index contributed by atoms with van der Waals surface area (Å²) in [5.41, 5.74) is 2.54. The fraction of sp³-hybridized carbons (Fsp3) is 0.310. The van der Waals surface area contributed by atoms with Crippen LogP contribution in [0.15, 0.2) is 54.6 Å². The molecule has 0 heterocycles. The molecule has 202 valence electrons. The highest BCUT2D eigenvalue weighted by atomic mass is 35.5. The third-order valence-electron chi connectivity index (χ3n) is 5.26. The molecule has 38 heavy (non-hydrogen) atoms. The van der Waals surface area contributed by atoms with Crippen molar-refractivity contribution in [1.29, 1.82) is 0 Å². The minimum Gasteiger partial charge on any atom is -0.493 e. The van der Waals surface area contributed by atoms with Crippen LogP contribution in [0.5, 0.6) is 17.2 Å². The van der Waals surface area contributed by atoms with E-state index in [1.54, 1.807) is 68.3 Å². The molecule has 0 aliphatic heterocycles. The molecule has 0 fully saturated rings. The number of ether oxygens (including phenoxy) is 3. The van der Waals surface area contributed by atoms with E-state index in [0.29, 0.717) is 45.9 Å².